The van der Waals surface area contributed by atoms with Crippen molar-refractivity contribution in [1.29, 1.82) is 0 Å². The summed E-state index contributed by atoms with van der Waals surface area (Å²) in [5.41, 5.74) is 0. The van der Waals surface area contributed by atoms with Crippen LogP contribution in [0.15, 0.2) is 48.5 Å². The highest BCUT2D eigenvalue weighted by atomic mass is 35.5. The molecule has 2 rings (SSSR count). The van der Waals surface area contributed by atoms with Gasteiger partial charge < -0.3 is 14.4 Å². The minimum atomic E-state index is 0.694. The van der Waals surface area contributed by atoms with Gasteiger partial charge in [0.05, 0.1) is 0 Å². The number of hydrogen-bond donors (Lipinski definition) is 0. The Kier molecular flexibility index (Phi) is 6.56. The molecule has 0 amide bonds. The lowest BCUT2D eigenvalue weighted by Gasteiger charge is -2.18. The molecule has 0 spiro atoms. The molecule has 118 valence electrons. The van der Waals surface area contributed by atoms with Gasteiger partial charge in [0.25, 0.3) is 0 Å². The van der Waals surface area contributed by atoms with Crippen LogP contribution in [-0.4, -0.2) is 31.1 Å². The summed E-state index contributed by atoms with van der Waals surface area (Å²) in [6.45, 7) is 8.05. The van der Waals surface area contributed by atoms with Crippen LogP contribution in [0.3, 0.4) is 0 Å². The topological polar surface area (TPSA) is 21.7 Å². The molecule has 0 radical (unpaired) electrons. The summed E-state index contributed by atoms with van der Waals surface area (Å²) in [5, 5.41) is 0.698. The molecule has 0 saturated carbocycles. The molecule has 0 aliphatic rings. The van der Waals surface area contributed by atoms with Crippen LogP contribution >= 0.6 is 11.6 Å². The van der Waals surface area contributed by atoms with Crippen molar-refractivity contribution in [3.05, 3.63) is 53.6 Å². The highest BCUT2D eigenvalue weighted by Gasteiger charge is 2.01. The van der Waals surface area contributed by atoms with E-state index in [4.69, 9.17) is 21.1 Å². The summed E-state index contributed by atoms with van der Waals surface area (Å²) < 4.78 is 11.5. The van der Waals surface area contributed by atoms with Gasteiger partial charge in [0, 0.05) is 11.6 Å². The Morgan fingerprint density at radius 3 is 1.86 bits per heavy atom. The van der Waals surface area contributed by atoms with Gasteiger partial charge in [-0.3, -0.25) is 0 Å². The fourth-order valence-corrected chi connectivity index (χ4v) is 2.20. The first-order chi connectivity index (χ1) is 10.7. The number of rotatable bonds is 8. The third kappa shape index (κ3) is 5.24. The van der Waals surface area contributed by atoms with Crippen molar-refractivity contribution >= 4 is 11.6 Å². The molecule has 2 aromatic carbocycles. The van der Waals surface area contributed by atoms with Crippen molar-refractivity contribution in [2.75, 3.05) is 26.2 Å². The molecule has 4 heteroatoms. The standard InChI is InChI=1S/C18H22ClNO2/c1-3-20(4-2)13-14-21-16-9-11-18(12-10-16)22-17-7-5-15(19)6-8-17/h5-12H,3-4,13-14H2,1-2H3. The van der Waals surface area contributed by atoms with Crippen LogP contribution in [0.4, 0.5) is 0 Å². The first-order valence-corrected chi connectivity index (χ1v) is 7.97. The predicted octanol–water partition coefficient (Wildman–Crippen LogP) is 4.85. The highest BCUT2D eigenvalue weighted by Crippen LogP contribution is 2.24. The van der Waals surface area contributed by atoms with E-state index in [9.17, 15) is 0 Å². The second-order valence-electron chi connectivity index (χ2n) is 4.90. The smallest absolute Gasteiger partial charge is 0.127 e. The maximum absolute atomic E-state index is 5.85. The van der Waals surface area contributed by atoms with Crippen LogP contribution in [0.25, 0.3) is 0 Å². The molecule has 22 heavy (non-hydrogen) atoms. The van der Waals surface area contributed by atoms with E-state index >= 15 is 0 Å². The summed E-state index contributed by atoms with van der Waals surface area (Å²) >= 11 is 5.85. The van der Waals surface area contributed by atoms with E-state index in [1.165, 1.54) is 0 Å². The van der Waals surface area contributed by atoms with Crippen molar-refractivity contribution < 1.29 is 9.47 Å². The van der Waals surface area contributed by atoms with Gasteiger partial charge in [-0.2, -0.15) is 0 Å². The number of hydrogen-bond acceptors (Lipinski definition) is 3. The zero-order valence-electron chi connectivity index (χ0n) is 13.1. The number of halogens is 1. The van der Waals surface area contributed by atoms with E-state index in [0.29, 0.717) is 11.6 Å². The Morgan fingerprint density at radius 2 is 1.32 bits per heavy atom. The second-order valence-corrected chi connectivity index (χ2v) is 5.34. The monoisotopic (exact) mass is 319 g/mol. The SMILES string of the molecule is CCN(CC)CCOc1ccc(Oc2ccc(Cl)cc2)cc1. The van der Waals surface area contributed by atoms with Crippen molar-refractivity contribution in [3.63, 3.8) is 0 Å². The summed E-state index contributed by atoms with van der Waals surface area (Å²) in [4.78, 5) is 2.33. The van der Waals surface area contributed by atoms with Gasteiger partial charge in [-0.05, 0) is 61.6 Å². The summed E-state index contributed by atoms with van der Waals surface area (Å²) in [5.74, 6) is 2.40. The van der Waals surface area contributed by atoms with Crippen molar-refractivity contribution in [1.82, 2.24) is 4.90 Å². The summed E-state index contributed by atoms with van der Waals surface area (Å²) in [6.07, 6.45) is 0. The lowest BCUT2D eigenvalue weighted by atomic mass is 10.3. The van der Waals surface area contributed by atoms with Gasteiger partial charge in [0.1, 0.15) is 23.9 Å². The van der Waals surface area contributed by atoms with Crippen LogP contribution in [-0.2, 0) is 0 Å². The van der Waals surface area contributed by atoms with E-state index in [0.717, 1.165) is 36.9 Å². The van der Waals surface area contributed by atoms with Crippen molar-refractivity contribution in [3.8, 4) is 17.2 Å². The fourth-order valence-electron chi connectivity index (χ4n) is 2.08. The number of ether oxygens (including phenoxy) is 2. The summed E-state index contributed by atoms with van der Waals surface area (Å²) in [7, 11) is 0. The van der Waals surface area contributed by atoms with Crippen LogP contribution in [0, 0.1) is 0 Å². The molecule has 0 saturated heterocycles. The Bertz CT molecular complexity index is 550. The molecule has 0 N–H and O–H groups in total. The molecule has 0 aliphatic carbocycles. The maximum Gasteiger partial charge on any atom is 0.127 e. The van der Waals surface area contributed by atoms with Gasteiger partial charge in [0.2, 0.25) is 0 Å². The van der Waals surface area contributed by atoms with E-state index in [1.54, 1.807) is 0 Å². The Balaban J connectivity index is 1.83. The van der Waals surface area contributed by atoms with Gasteiger partial charge in [-0.15, -0.1) is 0 Å². The van der Waals surface area contributed by atoms with E-state index in [2.05, 4.69) is 18.7 Å². The zero-order chi connectivity index (χ0) is 15.8. The molecule has 0 heterocycles. The normalized spacial score (nSPS) is 10.7. The Hall–Kier alpha value is -1.71. The minimum absolute atomic E-state index is 0.694. The van der Waals surface area contributed by atoms with Gasteiger partial charge in [0.15, 0.2) is 0 Å². The van der Waals surface area contributed by atoms with Crippen LogP contribution in [0.5, 0.6) is 17.2 Å². The second kappa shape index (κ2) is 8.66. The van der Waals surface area contributed by atoms with Crippen LogP contribution < -0.4 is 9.47 Å². The first-order valence-electron chi connectivity index (χ1n) is 7.60. The number of likely N-dealkylation sites (N-methyl/N-ethyl adjacent to an activating group) is 1. The average Bonchev–Trinajstić information content (AvgIpc) is 2.55. The molecule has 0 aromatic heterocycles. The van der Waals surface area contributed by atoms with Crippen LogP contribution in [0.2, 0.25) is 5.02 Å². The Labute approximate surface area is 137 Å². The van der Waals surface area contributed by atoms with Gasteiger partial charge in [-0.1, -0.05) is 25.4 Å². The third-order valence-corrected chi connectivity index (χ3v) is 3.70. The largest absolute Gasteiger partial charge is 0.492 e. The van der Waals surface area contributed by atoms with Crippen molar-refractivity contribution in [2.45, 2.75) is 13.8 Å². The first kappa shape index (κ1) is 16.7. The van der Waals surface area contributed by atoms with Gasteiger partial charge in [-0.25, -0.2) is 0 Å². The Morgan fingerprint density at radius 1 is 0.818 bits per heavy atom. The van der Waals surface area contributed by atoms with E-state index in [-0.39, 0.29) is 0 Å². The molecule has 0 aliphatic heterocycles. The van der Waals surface area contributed by atoms with Crippen molar-refractivity contribution in [2.24, 2.45) is 0 Å². The molecular formula is C18H22ClNO2. The van der Waals surface area contributed by atoms with E-state index in [1.807, 2.05) is 48.5 Å². The molecule has 2 aromatic rings. The molecule has 0 atom stereocenters. The number of benzene rings is 2. The molecule has 3 nitrogen and oxygen atoms in total. The minimum Gasteiger partial charge on any atom is -0.492 e. The highest BCUT2D eigenvalue weighted by molar-refractivity contribution is 6.30. The predicted molar refractivity (Wildman–Crippen MR) is 91.3 cm³/mol. The molecule has 0 bridgehead atoms. The van der Waals surface area contributed by atoms with Crippen LogP contribution in [0.1, 0.15) is 13.8 Å². The number of nitrogens with zero attached hydrogens (tertiary/aromatic N) is 1. The molecule has 0 unspecified atom stereocenters. The van der Waals surface area contributed by atoms with Gasteiger partial charge >= 0.3 is 0 Å². The summed E-state index contributed by atoms with van der Waals surface area (Å²) in [6, 6.07) is 15.0. The molecular weight excluding hydrogens is 298 g/mol. The maximum atomic E-state index is 5.85. The fraction of sp³-hybridized carbons (Fsp3) is 0.333. The van der Waals surface area contributed by atoms with E-state index < -0.39 is 0 Å². The lowest BCUT2D eigenvalue weighted by molar-refractivity contribution is 0.222. The lowest BCUT2D eigenvalue weighted by Crippen LogP contribution is -2.27. The zero-order valence-corrected chi connectivity index (χ0v) is 13.8. The quantitative estimate of drug-likeness (QED) is 0.694. The average molecular weight is 320 g/mol. The molecule has 0 fully saturated rings. The third-order valence-electron chi connectivity index (χ3n) is 3.44.